The van der Waals surface area contributed by atoms with Gasteiger partial charge in [-0.1, -0.05) is 26.8 Å². The van der Waals surface area contributed by atoms with Crippen LogP contribution in [-0.4, -0.2) is 38.1 Å². The van der Waals surface area contributed by atoms with E-state index in [0.717, 1.165) is 11.1 Å². The summed E-state index contributed by atoms with van der Waals surface area (Å²) in [5.41, 5.74) is 2.76. The lowest BCUT2D eigenvalue weighted by molar-refractivity contribution is 0.247. The number of hydrogen-bond acceptors (Lipinski definition) is 3. The molecule has 0 saturated carbocycles. The number of carbonyl (C=O) groups excluding carboxylic acids is 1. The van der Waals surface area contributed by atoms with Gasteiger partial charge in [0.25, 0.3) is 0 Å². The van der Waals surface area contributed by atoms with Crippen LogP contribution >= 0.6 is 0 Å². The van der Waals surface area contributed by atoms with Gasteiger partial charge in [0.15, 0.2) is 0 Å². The van der Waals surface area contributed by atoms with Crippen LogP contribution in [-0.2, 0) is 23.0 Å². The molecular formula is C16H25N3O3S. The SMILES string of the molecule is CC(C)(C)CNC(=O)Nc1ccc2c(c1)CN(S(C)(=O)=O)CC2. The summed E-state index contributed by atoms with van der Waals surface area (Å²) in [5, 5.41) is 5.63. The zero-order chi connectivity index (χ0) is 17.3. The molecule has 2 rings (SSSR count). The number of hydrogen-bond donors (Lipinski definition) is 2. The van der Waals surface area contributed by atoms with Crippen LogP contribution in [0.15, 0.2) is 18.2 Å². The molecule has 0 bridgehead atoms. The number of carbonyl (C=O) groups is 1. The van der Waals surface area contributed by atoms with Crippen molar-refractivity contribution >= 4 is 21.7 Å². The van der Waals surface area contributed by atoms with Crippen molar-refractivity contribution in [3.63, 3.8) is 0 Å². The van der Waals surface area contributed by atoms with E-state index in [0.29, 0.717) is 31.7 Å². The predicted octanol–water partition coefficient (Wildman–Crippen LogP) is 2.17. The first kappa shape index (κ1) is 17.7. The molecule has 1 aromatic carbocycles. The van der Waals surface area contributed by atoms with Gasteiger partial charge in [-0.05, 0) is 35.1 Å². The normalized spacial score (nSPS) is 15.8. The van der Waals surface area contributed by atoms with Crippen molar-refractivity contribution < 1.29 is 13.2 Å². The number of sulfonamides is 1. The molecule has 6 nitrogen and oxygen atoms in total. The highest BCUT2D eigenvalue weighted by molar-refractivity contribution is 7.88. The van der Waals surface area contributed by atoms with Gasteiger partial charge >= 0.3 is 6.03 Å². The zero-order valence-electron chi connectivity index (χ0n) is 14.1. The maximum absolute atomic E-state index is 11.9. The van der Waals surface area contributed by atoms with Gasteiger partial charge in [0.2, 0.25) is 10.0 Å². The fourth-order valence-corrected chi connectivity index (χ4v) is 3.21. The molecule has 1 heterocycles. The first-order chi connectivity index (χ1) is 10.5. The van der Waals surface area contributed by atoms with Gasteiger partial charge in [-0.2, -0.15) is 4.31 Å². The topological polar surface area (TPSA) is 78.5 Å². The lowest BCUT2D eigenvalue weighted by atomic mass is 9.97. The van der Waals surface area contributed by atoms with Crippen molar-refractivity contribution in [2.24, 2.45) is 5.41 Å². The molecule has 23 heavy (non-hydrogen) atoms. The molecule has 1 aliphatic heterocycles. The molecule has 0 atom stereocenters. The fourth-order valence-electron chi connectivity index (χ4n) is 2.41. The van der Waals surface area contributed by atoms with Gasteiger partial charge in [-0.15, -0.1) is 0 Å². The fraction of sp³-hybridized carbons (Fsp3) is 0.562. The standard InChI is InChI=1S/C16H25N3O3S/c1-16(2,3)11-17-15(20)18-14-6-5-12-7-8-19(23(4,21)22)10-13(12)9-14/h5-6,9H,7-8,10-11H2,1-4H3,(H2,17,18,20). The van der Waals surface area contributed by atoms with Gasteiger partial charge in [0.1, 0.15) is 0 Å². The van der Waals surface area contributed by atoms with E-state index in [-0.39, 0.29) is 11.4 Å². The van der Waals surface area contributed by atoms with Crippen molar-refractivity contribution in [3.8, 4) is 0 Å². The second-order valence-electron chi connectivity index (χ2n) is 7.20. The van der Waals surface area contributed by atoms with Crippen molar-refractivity contribution in [1.29, 1.82) is 0 Å². The van der Waals surface area contributed by atoms with Crippen LogP contribution in [0, 0.1) is 5.41 Å². The molecule has 7 heteroatoms. The summed E-state index contributed by atoms with van der Waals surface area (Å²) in [6, 6.07) is 5.40. The Balaban J connectivity index is 2.05. The molecule has 128 valence electrons. The number of anilines is 1. The van der Waals surface area contributed by atoms with Crippen LogP contribution in [0.4, 0.5) is 10.5 Å². The Morgan fingerprint density at radius 2 is 1.96 bits per heavy atom. The Morgan fingerprint density at radius 1 is 1.26 bits per heavy atom. The van der Waals surface area contributed by atoms with Gasteiger partial charge in [-0.3, -0.25) is 0 Å². The number of nitrogens with zero attached hydrogens (tertiary/aromatic N) is 1. The molecule has 1 aliphatic rings. The maximum Gasteiger partial charge on any atom is 0.319 e. The minimum Gasteiger partial charge on any atom is -0.337 e. The van der Waals surface area contributed by atoms with Crippen LogP contribution in [0.1, 0.15) is 31.9 Å². The molecule has 0 spiro atoms. The Labute approximate surface area is 138 Å². The maximum atomic E-state index is 11.9. The quantitative estimate of drug-likeness (QED) is 0.886. The molecule has 0 unspecified atom stereocenters. The van der Waals surface area contributed by atoms with Crippen LogP contribution in [0.25, 0.3) is 0 Å². The Kier molecular flexibility index (Phi) is 5.01. The number of rotatable bonds is 3. The Hall–Kier alpha value is -1.60. The van der Waals surface area contributed by atoms with E-state index in [4.69, 9.17) is 0 Å². The van der Waals surface area contributed by atoms with E-state index >= 15 is 0 Å². The average Bonchev–Trinajstić information content (AvgIpc) is 2.43. The third-order valence-electron chi connectivity index (χ3n) is 3.69. The van der Waals surface area contributed by atoms with Crippen molar-refractivity contribution in [2.75, 3.05) is 24.7 Å². The van der Waals surface area contributed by atoms with Gasteiger partial charge < -0.3 is 10.6 Å². The number of amides is 2. The highest BCUT2D eigenvalue weighted by Gasteiger charge is 2.23. The zero-order valence-corrected chi connectivity index (χ0v) is 15.0. The molecule has 0 aromatic heterocycles. The third-order valence-corrected chi connectivity index (χ3v) is 4.94. The predicted molar refractivity (Wildman–Crippen MR) is 91.9 cm³/mol. The Morgan fingerprint density at radius 3 is 2.57 bits per heavy atom. The second kappa shape index (κ2) is 6.49. The molecule has 0 aliphatic carbocycles. The summed E-state index contributed by atoms with van der Waals surface area (Å²) in [6.45, 7) is 7.58. The van der Waals surface area contributed by atoms with E-state index in [2.05, 4.69) is 10.6 Å². The summed E-state index contributed by atoms with van der Waals surface area (Å²) in [7, 11) is -3.20. The number of fused-ring (bicyclic) bond motifs is 1. The molecule has 0 fully saturated rings. The largest absolute Gasteiger partial charge is 0.337 e. The minimum atomic E-state index is -3.20. The number of benzene rings is 1. The Bertz CT molecular complexity index is 693. The summed E-state index contributed by atoms with van der Waals surface area (Å²) in [5.74, 6) is 0. The monoisotopic (exact) mass is 339 g/mol. The summed E-state index contributed by atoms with van der Waals surface area (Å²) >= 11 is 0. The van der Waals surface area contributed by atoms with Gasteiger partial charge in [0, 0.05) is 25.3 Å². The van der Waals surface area contributed by atoms with Crippen molar-refractivity contribution in [2.45, 2.75) is 33.7 Å². The van der Waals surface area contributed by atoms with E-state index in [9.17, 15) is 13.2 Å². The first-order valence-electron chi connectivity index (χ1n) is 7.66. The minimum absolute atomic E-state index is 0.0170. The van der Waals surface area contributed by atoms with Crippen molar-refractivity contribution in [3.05, 3.63) is 29.3 Å². The van der Waals surface area contributed by atoms with E-state index in [1.807, 2.05) is 39.0 Å². The molecule has 2 amide bonds. The molecular weight excluding hydrogens is 314 g/mol. The summed E-state index contributed by atoms with van der Waals surface area (Å²) in [6.07, 6.45) is 1.92. The molecule has 0 radical (unpaired) electrons. The average molecular weight is 339 g/mol. The third kappa shape index (κ3) is 5.21. The van der Waals surface area contributed by atoms with E-state index < -0.39 is 10.0 Å². The van der Waals surface area contributed by atoms with Gasteiger partial charge in [-0.25, -0.2) is 13.2 Å². The van der Waals surface area contributed by atoms with Gasteiger partial charge in [0.05, 0.1) is 6.26 Å². The summed E-state index contributed by atoms with van der Waals surface area (Å²) in [4.78, 5) is 11.9. The number of nitrogens with one attached hydrogen (secondary N) is 2. The second-order valence-corrected chi connectivity index (χ2v) is 9.18. The number of urea groups is 1. The summed E-state index contributed by atoms with van der Waals surface area (Å²) < 4.78 is 24.8. The van der Waals surface area contributed by atoms with Crippen LogP contribution in [0.2, 0.25) is 0 Å². The van der Waals surface area contributed by atoms with E-state index in [1.54, 1.807) is 0 Å². The smallest absolute Gasteiger partial charge is 0.319 e. The van der Waals surface area contributed by atoms with Crippen molar-refractivity contribution in [1.82, 2.24) is 9.62 Å². The molecule has 1 aromatic rings. The lowest BCUT2D eigenvalue weighted by Gasteiger charge is -2.27. The van der Waals surface area contributed by atoms with E-state index in [1.165, 1.54) is 10.6 Å². The molecule has 0 saturated heterocycles. The highest BCUT2D eigenvalue weighted by atomic mass is 32.2. The van der Waals surface area contributed by atoms with Crippen LogP contribution in [0.3, 0.4) is 0 Å². The lowest BCUT2D eigenvalue weighted by Crippen LogP contribution is -2.36. The first-order valence-corrected chi connectivity index (χ1v) is 9.51. The van der Waals surface area contributed by atoms with Crippen LogP contribution < -0.4 is 10.6 Å². The molecule has 2 N–H and O–H groups in total. The highest BCUT2D eigenvalue weighted by Crippen LogP contribution is 2.24. The van der Waals surface area contributed by atoms with Crippen LogP contribution in [0.5, 0.6) is 0 Å².